The monoisotopic (exact) mass is 379 g/mol. The standard InChI is InChI=1S/C21H24F3NO2/c22-21(23,24)18-6-4-5-17(15-18)16-9-12-25(13-10-16)14-11-20(26)27-19-7-2-1-3-8-19/h1-8,15-16,20,26H,9-14H2. The first-order valence-electron chi connectivity index (χ1n) is 9.21. The average molecular weight is 379 g/mol. The Labute approximate surface area is 157 Å². The van der Waals surface area contributed by atoms with Crippen molar-refractivity contribution >= 4 is 0 Å². The molecule has 146 valence electrons. The van der Waals surface area contributed by atoms with Gasteiger partial charge in [0.15, 0.2) is 6.29 Å². The lowest BCUT2D eigenvalue weighted by molar-refractivity contribution is -0.137. The Bertz CT molecular complexity index is 713. The number of aliphatic hydroxyl groups is 1. The lowest BCUT2D eigenvalue weighted by Gasteiger charge is -2.32. The molecule has 1 saturated heterocycles. The third-order valence-electron chi connectivity index (χ3n) is 4.98. The molecule has 1 unspecified atom stereocenters. The van der Waals surface area contributed by atoms with E-state index in [1.807, 2.05) is 18.2 Å². The van der Waals surface area contributed by atoms with Gasteiger partial charge in [0, 0.05) is 13.0 Å². The van der Waals surface area contributed by atoms with Crippen molar-refractivity contribution in [3.05, 3.63) is 65.7 Å². The summed E-state index contributed by atoms with van der Waals surface area (Å²) in [5.41, 5.74) is 0.181. The van der Waals surface area contributed by atoms with Gasteiger partial charge in [0.25, 0.3) is 0 Å². The van der Waals surface area contributed by atoms with Gasteiger partial charge in [-0.2, -0.15) is 13.2 Å². The van der Waals surface area contributed by atoms with Gasteiger partial charge in [-0.25, -0.2) is 0 Å². The van der Waals surface area contributed by atoms with E-state index < -0.39 is 18.0 Å². The maximum atomic E-state index is 12.9. The molecule has 0 aliphatic carbocycles. The maximum Gasteiger partial charge on any atom is 0.416 e. The van der Waals surface area contributed by atoms with Crippen molar-refractivity contribution in [1.82, 2.24) is 4.90 Å². The molecule has 1 heterocycles. The summed E-state index contributed by atoms with van der Waals surface area (Å²) in [6.45, 7) is 2.31. The summed E-state index contributed by atoms with van der Waals surface area (Å²) in [4.78, 5) is 2.22. The molecule has 0 aromatic heterocycles. The molecule has 3 nitrogen and oxygen atoms in total. The Morgan fingerprint density at radius 2 is 1.74 bits per heavy atom. The van der Waals surface area contributed by atoms with Crippen LogP contribution in [0.3, 0.4) is 0 Å². The lowest BCUT2D eigenvalue weighted by Crippen LogP contribution is -2.35. The minimum absolute atomic E-state index is 0.147. The zero-order valence-corrected chi connectivity index (χ0v) is 15.0. The molecule has 2 aromatic carbocycles. The fourth-order valence-corrected chi connectivity index (χ4v) is 3.47. The first kappa shape index (κ1) is 19.7. The largest absolute Gasteiger partial charge is 0.465 e. The molecule has 0 spiro atoms. The number of piperidine rings is 1. The van der Waals surface area contributed by atoms with Crippen LogP contribution in [0.25, 0.3) is 0 Å². The maximum absolute atomic E-state index is 12.9. The highest BCUT2D eigenvalue weighted by Crippen LogP contribution is 2.34. The minimum atomic E-state index is -4.30. The quantitative estimate of drug-likeness (QED) is 0.741. The number of hydrogen-bond donors (Lipinski definition) is 1. The van der Waals surface area contributed by atoms with Crippen molar-refractivity contribution in [3.63, 3.8) is 0 Å². The van der Waals surface area contributed by atoms with Crippen molar-refractivity contribution in [2.45, 2.75) is 37.6 Å². The number of hydrogen-bond acceptors (Lipinski definition) is 3. The number of rotatable bonds is 6. The van der Waals surface area contributed by atoms with Crippen LogP contribution in [-0.4, -0.2) is 35.9 Å². The second-order valence-corrected chi connectivity index (χ2v) is 6.91. The van der Waals surface area contributed by atoms with E-state index in [1.165, 1.54) is 12.1 Å². The number of halogens is 3. The van der Waals surface area contributed by atoms with Gasteiger partial charge < -0.3 is 14.7 Å². The van der Waals surface area contributed by atoms with Crippen LogP contribution in [0, 0.1) is 0 Å². The average Bonchev–Trinajstić information content (AvgIpc) is 2.67. The highest BCUT2D eigenvalue weighted by Gasteiger charge is 2.31. The molecule has 0 bridgehead atoms. The summed E-state index contributed by atoms with van der Waals surface area (Å²) < 4.78 is 44.1. The van der Waals surface area contributed by atoms with E-state index in [0.717, 1.165) is 37.6 Å². The molecule has 1 aliphatic heterocycles. The summed E-state index contributed by atoms with van der Waals surface area (Å²) >= 11 is 0. The number of para-hydroxylation sites is 1. The zero-order chi connectivity index (χ0) is 19.3. The Morgan fingerprint density at radius 3 is 2.41 bits per heavy atom. The van der Waals surface area contributed by atoms with Crippen LogP contribution < -0.4 is 4.74 Å². The number of aliphatic hydroxyl groups excluding tert-OH is 1. The van der Waals surface area contributed by atoms with Gasteiger partial charge in [0.05, 0.1) is 5.56 Å². The van der Waals surface area contributed by atoms with Crippen molar-refractivity contribution in [3.8, 4) is 5.75 Å². The van der Waals surface area contributed by atoms with Crippen LogP contribution in [-0.2, 0) is 6.18 Å². The molecule has 0 amide bonds. The smallest absolute Gasteiger partial charge is 0.416 e. The molecule has 1 N–H and O–H groups in total. The fraction of sp³-hybridized carbons (Fsp3) is 0.429. The molecule has 27 heavy (non-hydrogen) atoms. The molecule has 0 saturated carbocycles. The van der Waals surface area contributed by atoms with Gasteiger partial charge >= 0.3 is 6.18 Å². The summed E-state index contributed by atoms with van der Waals surface area (Å²) in [7, 11) is 0. The van der Waals surface area contributed by atoms with E-state index in [-0.39, 0.29) is 5.92 Å². The van der Waals surface area contributed by atoms with Gasteiger partial charge in [-0.1, -0.05) is 36.4 Å². The van der Waals surface area contributed by atoms with Crippen molar-refractivity contribution in [2.75, 3.05) is 19.6 Å². The van der Waals surface area contributed by atoms with E-state index in [2.05, 4.69) is 4.90 Å². The van der Waals surface area contributed by atoms with Crippen LogP contribution in [0.15, 0.2) is 54.6 Å². The van der Waals surface area contributed by atoms with Crippen molar-refractivity contribution in [1.29, 1.82) is 0 Å². The summed E-state index contributed by atoms with van der Waals surface area (Å²) in [5, 5.41) is 10.0. The Hall–Kier alpha value is -2.05. The number of likely N-dealkylation sites (tertiary alicyclic amines) is 1. The molecular formula is C21H24F3NO2. The minimum Gasteiger partial charge on any atom is -0.465 e. The van der Waals surface area contributed by atoms with Gasteiger partial charge in [0.1, 0.15) is 5.75 Å². The van der Waals surface area contributed by atoms with Crippen molar-refractivity contribution < 1.29 is 23.0 Å². The first-order chi connectivity index (χ1) is 12.9. The van der Waals surface area contributed by atoms with E-state index in [4.69, 9.17) is 4.74 Å². The van der Waals surface area contributed by atoms with Crippen LogP contribution in [0.5, 0.6) is 5.75 Å². The number of nitrogens with zero attached hydrogens (tertiary/aromatic N) is 1. The second-order valence-electron chi connectivity index (χ2n) is 6.91. The van der Waals surface area contributed by atoms with E-state index in [0.29, 0.717) is 18.7 Å². The van der Waals surface area contributed by atoms with Gasteiger partial charge in [-0.05, 0) is 55.6 Å². The van der Waals surface area contributed by atoms with Crippen molar-refractivity contribution in [2.24, 2.45) is 0 Å². The lowest BCUT2D eigenvalue weighted by atomic mass is 9.88. The van der Waals surface area contributed by atoms with Crippen LogP contribution >= 0.6 is 0 Å². The molecule has 2 aromatic rings. The Morgan fingerprint density at radius 1 is 1.04 bits per heavy atom. The topological polar surface area (TPSA) is 32.7 Å². The molecule has 1 fully saturated rings. The molecular weight excluding hydrogens is 355 g/mol. The second kappa shape index (κ2) is 8.76. The molecule has 1 atom stereocenters. The summed E-state index contributed by atoms with van der Waals surface area (Å²) in [5.74, 6) is 0.780. The predicted octanol–water partition coefficient (Wildman–Crippen LogP) is 4.67. The summed E-state index contributed by atoms with van der Waals surface area (Å²) in [6, 6.07) is 14.8. The number of alkyl halides is 3. The van der Waals surface area contributed by atoms with Crippen LogP contribution in [0.4, 0.5) is 13.2 Å². The first-order valence-corrected chi connectivity index (χ1v) is 9.21. The van der Waals surface area contributed by atoms with E-state index >= 15 is 0 Å². The normalized spacial score (nSPS) is 17.6. The third kappa shape index (κ3) is 5.71. The van der Waals surface area contributed by atoms with E-state index in [1.54, 1.807) is 18.2 Å². The Kier molecular flexibility index (Phi) is 6.39. The number of benzene rings is 2. The van der Waals surface area contributed by atoms with Crippen LogP contribution in [0.1, 0.15) is 36.3 Å². The van der Waals surface area contributed by atoms with Crippen LogP contribution in [0.2, 0.25) is 0 Å². The molecule has 0 radical (unpaired) electrons. The highest BCUT2D eigenvalue weighted by molar-refractivity contribution is 5.28. The van der Waals surface area contributed by atoms with Gasteiger partial charge in [-0.3, -0.25) is 0 Å². The molecule has 3 rings (SSSR count). The van der Waals surface area contributed by atoms with E-state index in [9.17, 15) is 18.3 Å². The fourth-order valence-electron chi connectivity index (χ4n) is 3.47. The predicted molar refractivity (Wildman–Crippen MR) is 97.6 cm³/mol. The van der Waals surface area contributed by atoms with Gasteiger partial charge in [-0.15, -0.1) is 0 Å². The van der Waals surface area contributed by atoms with Gasteiger partial charge in [0.2, 0.25) is 0 Å². The zero-order valence-electron chi connectivity index (χ0n) is 15.0. The molecule has 1 aliphatic rings. The number of ether oxygens (including phenoxy) is 1. The SMILES string of the molecule is OC(CCN1CCC(c2cccc(C(F)(F)F)c2)CC1)Oc1ccccc1. The Balaban J connectivity index is 1.45. The molecule has 6 heteroatoms. The third-order valence-corrected chi connectivity index (χ3v) is 4.98. The summed E-state index contributed by atoms with van der Waals surface area (Å²) in [6.07, 6.45) is -3.05. The highest BCUT2D eigenvalue weighted by atomic mass is 19.4.